The van der Waals surface area contributed by atoms with Crippen LogP contribution in [0.25, 0.3) is 21.8 Å². The van der Waals surface area contributed by atoms with Gasteiger partial charge in [0.2, 0.25) is 5.91 Å². The van der Waals surface area contributed by atoms with E-state index >= 15 is 0 Å². The fourth-order valence-corrected chi connectivity index (χ4v) is 5.06. The number of hydrogen-bond donors (Lipinski definition) is 1. The standard InChI is InChI=1S/C27H31N5O2/c1-20-9-7-8-15-30(20)16-14-28-25(33)19-32-27(34)26-23(17-29-32)22-12-5-6-13-24(22)31(26)18-21-10-3-2-4-11-21/h2-6,10-13,17,20H,7-9,14-16,18-19H2,1H3,(H,28,33)/t20-/m1/s1. The molecule has 2 aromatic heterocycles. The predicted molar refractivity (Wildman–Crippen MR) is 135 cm³/mol. The van der Waals surface area contributed by atoms with Crippen LogP contribution in [0.4, 0.5) is 0 Å². The molecule has 5 rings (SSSR count). The van der Waals surface area contributed by atoms with Gasteiger partial charge < -0.3 is 9.88 Å². The van der Waals surface area contributed by atoms with E-state index in [0.717, 1.165) is 34.9 Å². The molecule has 0 spiro atoms. The van der Waals surface area contributed by atoms with Gasteiger partial charge in [0.05, 0.1) is 6.20 Å². The van der Waals surface area contributed by atoms with Gasteiger partial charge >= 0.3 is 0 Å². The minimum absolute atomic E-state index is 0.0861. The first-order valence-corrected chi connectivity index (χ1v) is 12.1. The highest BCUT2D eigenvalue weighted by Crippen LogP contribution is 2.27. The van der Waals surface area contributed by atoms with E-state index in [4.69, 9.17) is 0 Å². The second kappa shape index (κ2) is 9.81. The van der Waals surface area contributed by atoms with Crippen LogP contribution in [-0.4, -0.2) is 50.8 Å². The number of para-hydroxylation sites is 1. The molecule has 34 heavy (non-hydrogen) atoms. The minimum Gasteiger partial charge on any atom is -0.353 e. The first kappa shape index (κ1) is 22.3. The summed E-state index contributed by atoms with van der Waals surface area (Å²) in [6.07, 6.45) is 5.42. The second-order valence-electron chi connectivity index (χ2n) is 9.19. The molecule has 0 aliphatic carbocycles. The number of carbonyl (C=O) groups is 1. The van der Waals surface area contributed by atoms with Crippen LogP contribution in [0.3, 0.4) is 0 Å². The zero-order chi connectivity index (χ0) is 23.5. The van der Waals surface area contributed by atoms with E-state index in [1.165, 1.54) is 23.9 Å². The van der Waals surface area contributed by atoms with Crippen molar-refractivity contribution in [2.75, 3.05) is 19.6 Å². The van der Waals surface area contributed by atoms with Crippen LogP contribution in [0, 0.1) is 0 Å². The number of nitrogens with one attached hydrogen (secondary N) is 1. The number of likely N-dealkylation sites (tertiary alicyclic amines) is 1. The second-order valence-corrected chi connectivity index (χ2v) is 9.19. The third-order valence-corrected chi connectivity index (χ3v) is 6.91. The van der Waals surface area contributed by atoms with Gasteiger partial charge in [0.1, 0.15) is 12.1 Å². The number of carbonyl (C=O) groups excluding carboxylic acids is 1. The third-order valence-electron chi connectivity index (χ3n) is 6.91. The lowest BCUT2D eigenvalue weighted by molar-refractivity contribution is -0.122. The van der Waals surface area contributed by atoms with Gasteiger partial charge in [-0.25, -0.2) is 4.68 Å². The molecule has 0 saturated carbocycles. The summed E-state index contributed by atoms with van der Waals surface area (Å²) in [6.45, 7) is 5.23. The monoisotopic (exact) mass is 457 g/mol. The fraction of sp³-hybridized carbons (Fsp3) is 0.370. The number of hydrogen-bond acceptors (Lipinski definition) is 4. The molecule has 7 heteroatoms. The van der Waals surface area contributed by atoms with Crippen molar-refractivity contribution in [3.8, 4) is 0 Å². The van der Waals surface area contributed by atoms with Crippen molar-refractivity contribution in [3.05, 3.63) is 76.7 Å². The molecule has 1 aliphatic heterocycles. The topological polar surface area (TPSA) is 72.2 Å². The number of rotatable bonds is 7. The molecule has 7 nitrogen and oxygen atoms in total. The van der Waals surface area contributed by atoms with E-state index in [9.17, 15) is 9.59 Å². The molecule has 0 unspecified atom stereocenters. The van der Waals surface area contributed by atoms with E-state index in [-0.39, 0.29) is 18.0 Å². The smallest absolute Gasteiger partial charge is 0.291 e. The molecule has 1 fully saturated rings. The maximum atomic E-state index is 13.5. The van der Waals surface area contributed by atoms with Crippen LogP contribution in [0.5, 0.6) is 0 Å². The van der Waals surface area contributed by atoms with Crippen molar-refractivity contribution < 1.29 is 4.79 Å². The molecule has 176 valence electrons. The summed E-state index contributed by atoms with van der Waals surface area (Å²) in [5, 5.41) is 9.12. The Bertz CT molecular complexity index is 1360. The number of benzene rings is 2. The zero-order valence-corrected chi connectivity index (χ0v) is 19.6. The van der Waals surface area contributed by atoms with Gasteiger partial charge in [-0.3, -0.25) is 14.5 Å². The summed E-state index contributed by atoms with van der Waals surface area (Å²) in [4.78, 5) is 28.6. The first-order valence-electron chi connectivity index (χ1n) is 12.1. The first-order chi connectivity index (χ1) is 16.6. The van der Waals surface area contributed by atoms with E-state index in [2.05, 4.69) is 34.4 Å². The van der Waals surface area contributed by atoms with Crippen LogP contribution in [0.2, 0.25) is 0 Å². The Hall–Kier alpha value is -3.45. The Labute approximate surface area is 199 Å². The van der Waals surface area contributed by atoms with E-state index in [1.807, 2.05) is 47.0 Å². The number of nitrogens with zero attached hydrogens (tertiary/aromatic N) is 4. The molecule has 3 heterocycles. The lowest BCUT2D eigenvalue weighted by atomic mass is 10.0. The predicted octanol–water partition coefficient (Wildman–Crippen LogP) is 3.39. The summed E-state index contributed by atoms with van der Waals surface area (Å²) in [7, 11) is 0. The Kier molecular flexibility index (Phi) is 6.45. The number of aromatic nitrogens is 3. The van der Waals surface area contributed by atoms with Crippen molar-refractivity contribution in [2.24, 2.45) is 0 Å². The largest absolute Gasteiger partial charge is 0.353 e. The molecule has 1 saturated heterocycles. The summed E-state index contributed by atoms with van der Waals surface area (Å²) < 4.78 is 3.32. The molecule has 1 aliphatic rings. The Balaban J connectivity index is 1.39. The average molecular weight is 458 g/mol. The van der Waals surface area contributed by atoms with Crippen molar-refractivity contribution in [1.82, 2.24) is 24.6 Å². The van der Waals surface area contributed by atoms with Gasteiger partial charge in [-0.05, 0) is 37.9 Å². The lowest BCUT2D eigenvalue weighted by Crippen LogP contribution is -2.43. The van der Waals surface area contributed by atoms with Crippen LogP contribution in [0.15, 0.2) is 65.6 Å². The third kappa shape index (κ3) is 4.48. The molecular formula is C27H31N5O2. The van der Waals surface area contributed by atoms with E-state index in [1.54, 1.807) is 6.20 Å². The SMILES string of the molecule is C[C@@H]1CCCCN1CCNC(=O)Cn1ncc2c3ccccc3n(Cc3ccccc3)c2c1=O. The van der Waals surface area contributed by atoms with Gasteiger partial charge in [-0.1, -0.05) is 55.0 Å². The maximum absolute atomic E-state index is 13.5. The van der Waals surface area contributed by atoms with Crippen molar-refractivity contribution in [3.63, 3.8) is 0 Å². The summed E-state index contributed by atoms with van der Waals surface area (Å²) in [5.74, 6) is -0.190. The molecule has 1 atom stereocenters. The highest BCUT2D eigenvalue weighted by molar-refractivity contribution is 6.07. The van der Waals surface area contributed by atoms with Gasteiger partial charge in [-0.2, -0.15) is 5.10 Å². The summed E-state index contributed by atoms with van der Waals surface area (Å²) in [6, 6.07) is 18.6. The summed E-state index contributed by atoms with van der Waals surface area (Å²) >= 11 is 0. The fourth-order valence-electron chi connectivity index (χ4n) is 5.06. The van der Waals surface area contributed by atoms with Gasteiger partial charge in [-0.15, -0.1) is 0 Å². The minimum atomic E-state index is -0.246. The van der Waals surface area contributed by atoms with E-state index in [0.29, 0.717) is 24.6 Å². The number of piperidine rings is 1. The Morgan fingerprint density at radius 3 is 2.68 bits per heavy atom. The molecule has 1 N–H and O–H groups in total. The highest BCUT2D eigenvalue weighted by atomic mass is 16.2. The Morgan fingerprint density at radius 1 is 1.06 bits per heavy atom. The molecule has 2 aromatic carbocycles. The van der Waals surface area contributed by atoms with Crippen molar-refractivity contribution in [1.29, 1.82) is 0 Å². The van der Waals surface area contributed by atoms with Crippen molar-refractivity contribution >= 4 is 27.7 Å². The molecule has 1 amide bonds. The normalized spacial score (nSPS) is 16.8. The molecule has 4 aromatic rings. The molecule has 0 radical (unpaired) electrons. The maximum Gasteiger partial charge on any atom is 0.291 e. The number of amides is 1. The zero-order valence-electron chi connectivity index (χ0n) is 19.6. The summed E-state index contributed by atoms with van der Waals surface area (Å²) in [5.41, 5.74) is 2.43. The van der Waals surface area contributed by atoms with Gasteiger partial charge in [0.25, 0.3) is 5.56 Å². The Morgan fingerprint density at radius 2 is 1.85 bits per heavy atom. The van der Waals surface area contributed by atoms with Gasteiger partial charge in [0.15, 0.2) is 0 Å². The van der Waals surface area contributed by atoms with Crippen LogP contribution in [0.1, 0.15) is 31.7 Å². The van der Waals surface area contributed by atoms with Crippen LogP contribution < -0.4 is 10.9 Å². The molecular weight excluding hydrogens is 426 g/mol. The highest BCUT2D eigenvalue weighted by Gasteiger charge is 2.19. The molecule has 0 bridgehead atoms. The number of fused-ring (bicyclic) bond motifs is 3. The van der Waals surface area contributed by atoms with E-state index < -0.39 is 0 Å². The van der Waals surface area contributed by atoms with Crippen LogP contribution >= 0.6 is 0 Å². The van der Waals surface area contributed by atoms with Crippen LogP contribution in [-0.2, 0) is 17.9 Å². The van der Waals surface area contributed by atoms with Crippen molar-refractivity contribution in [2.45, 2.75) is 45.3 Å². The lowest BCUT2D eigenvalue weighted by Gasteiger charge is -2.33. The quantitative estimate of drug-likeness (QED) is 0.462. The van der Waals surface area contributed by atoms with Gasteiger partial charge in [0, 0.05) is 42.0 Å². The average Bonchev–Trinajstić information content (AvgIpc) is 3.17.